The van der Waals surface area contributed by atoms with Crippen LogP contribution in [0.15, 0.2) is 66.7 Å². The molecular formula is C22H18N2O4. The number of amides is 3. The molecule has 0 bridgehead atoms. The van der Waals surface area contributed by atoms with E-state index in [2.05, 4.69) is 17.2 Å². The molecule has 0 saturated carbocycles. The first-order valence-electron chi connectivity index (χ1n) is 8.73. The zero-order valence-corrected chi connectivity index (χ0v) is 15.1. The Bertz CT molecular complexity index is 936. The Hall–Kier alpha value is -3.85. The lowest BCUT2D eigenvalue weighted by Gasteiger charge is -2.13. The van der Waals surface area contributed by atoms with E-state index in [0.29, 0.717) is 18.7 Å². The molecule has 2 aromatic rings. The first-order chi connectivity index (χ1) is 13.6. The van der Waals surface area contributed by atoms with Gasteiger partial charge in [-0.15, -0.1) is 0 Å². The molecule has 0 saturated heterocycles. The van der Waals surface area contributed by atoms with Crippen LogP contribution >= 0.6 is 0 Å². The fourth-order valence-electron chi connectivity index (χ4n) is 2.51. The van der Waals surface area contributed by atoms with Crippen molar-refractivity contribution in [2.45, 2.75) is 13.0 Å². The van der Waals surface area contributed by atoms with Crippen molar-refractivity contribution in [1.29, 1.82) is 0 Å². The van der Waals surface area contributed by atoms with Crippen molar-refractivity contribution in [2.75, 3.05) is 11.4 Å². The highest BCUT2D eigenvalue weighted by Crippen LogP contribution is 2.19. The van der Waals surface area contributed by atoms with E-state index in [0.717, 1.165) is 16.0 Å². The number of carbonyl (C=O) groups is 3. The fraction of sp³-hybridized carbons (Fsp3) is 0.136. The third kappa shape index (κ3) is 5.08. The molecule has 140 valence electrons. The maximum Gasteiger partial charge on any atom is 0.407 e. The quantitative estimate of drug-likeness (QED) is 0.496. The number of hydrogen-bond acceptors (Lipinski definition) is 4. The van der Waals surface area contributed by atoms with Crippen LogP contribution in [0.5, 0.6) is 0 Å². The zero-order valence-electron chi connectivity index (χ0n) is 15.1. The molecule has 2 aromatic carbocycles. The van der Waals surface area contributed by atoms with Crippen molar-refractivity contribution < 1.29 is 19.1 Å². The van der Waals surface area contributed by atoms with Gasteiger partial charge in [-0.25, -0.2) is 9.69 Å². The van der Waals surface area contributed by atoms with E-state index in [1.54, 1.807) is 24.3 Å². The molecule has 3 amide bonds. The Morgan fingerprint density at radius 1 is 0.964 bits per heavy atom. The summed E-state index contributed by atoms with van der Waals surface area (Å²) in [5.41, 5.74) is 2.19. The number of hydrogen-bond donors (Lipinski definition) is 1. The largest absolute Gasteiger partial charge is 0.445 e. The van der Waals surface area contributed by atoms with E-state index in [-0.39, 0.29) is 18.4 Å². The Morgan fingerprint density at radius 2 is 1.64 bits per heavy atom. The molecule has 1 aliphatic heterocycles. The van der Waals surface area contributed by atoms with Crippen LogP contribution in [0.3, 0.4) is 0 Å². The molecule has 0 unspecified atom stereocenters. The van der Waals surface area contributed by atoms with Crippen LogP contribution in [-0.4, -0.2) is 24.5 Å². The van der Waals surface area contributed by atoms with Gasteiger partial charge >= 0.3 is 6.09 Å². The van der Waals surface area contributed by atoms with Crippen molar-refractivity contribution in [3.8, 4) is 11.8 Å². The Kier molecular flexibility index (Phi) is 6.21. The molecule has 0 aliphatic carbocycles. The van der Waals surface area contributed by atoms with E-state index < -0.39 is 6.09 Å². The topological polar surface area (TPSA) is 75.7 Å². The highest BCUT2D eigenvalue weighted by molar-refractivity contribution is 6.28. The third-order valence-electron chi connectivity index (χ3n) is 3.90. The summed E-state index contributed by atoms with van der Waals surface area (Å²) in [5, 5.41) is 2.64. The molecule has 1 aliphatic rings. The van der Waals surface area contributed by atoms with Crippen molar-refractivity contribution in [2.24, 2.45) is 0 Å². The highest BCUT2D eigenvalue weighted by atomic mass is 16.5. The molecule has 28 heavy (non-hydrogen) atoms. The summed E-state index contributed by atoms with van der Waals surface area (Å²) >= 11 is 0. The summed E-state index contributed by atoms with van der Waals surface area (Å²) in [4.78, 5) is 36.0. The van der Waals surface area contributed by atoms with Gasteiger partial charge in [0.05, 0.1) is 5.69 Å². The van der Waals surface area contributed by atoms with E-state index in [9.17, 15) is 14.4 Å². The molecule has 3 rings (SSSR count). The number of nitrogens with zero attached hydrogens (tertiary/aromatic N) is 1. The number of nitrogens with one attached hydrogen (secondary N) is 1. The van der Waals surface area contributed by atoms with Gasteiger partial charge in [0.15, 0.2) is 0 Å². The van der Waals surface area contributed by atoms with Crippen LogP contribution in [0.25, 0.3) is 0 Å². The first-order valence-corrected chi connectivity index (χ1v) is 8.73. The van der Waals surface area contributed by atoms with Crippen LogP contribution < -0.4 is 10.2 Å². The van der Waals surface area contributed by atoms with Gasteiger partial charge in [-0.1, -0.05) is 42.2 Å². The van der Waals surface area contributed by atoms with Crippen molar-refractivity contribution in [3.05, 3.63) is 77.9 Å². The van der Waals surface area contributed by atoms with Crippen LogP contribution in [0.4, 0.5) is 10.5 Å². The second-order valence-electron chi connectivity index (χ2n) is 5.93. The number of imide groups is 1. The van der Waals surface area contributed by atoms with Gasteiger partial charge in [-0.3, -0.25) is 9.59 Å². The van der Waals surface area contributed by atoms with E-state index >= 15 is 0 Å². The molecule has 1 heterocycles. The van der Waals surface area contributed by atoms with E-state index in [1.807, 2.05) is 30.3 Å². The van der Waals surface area contributed by atoms with Crippen molar-refractivity contribution in [1.82, 2.24) is 5.32 Å². The molecule has 6 heteroatoms. The minimum Gasteiger partial charge on any atom is -0.445 e. The molecular weight excluding hydrogens is 356 g/mol. The number of ether oxygens (including phenoxy) is 1. The van der Waals surface area contributed by atoms with Gasteiger partial charge in [-0.2, -0.15) is 0 Å². The summed E-state index contributed by atoms with van der Waals surface area (Å²) in [6, 6.07) is 16.3. The predicted molar refractivity (Wildman–Crippen MR) is 104 cm³/mol. The van der Waals surface area contributed by atoms with E-state index in [4.69, 9.17) is 4.74 Å². The predicted octanol–water partition coefficient (Wildman–Crippen LogP) is 2.78. The number of benzene rings is 2. The zero-order chi connectivity index (χ0) is 19.8. The number of carbonyl (C=O) groups excluding carboxylic acids is 3. The fourth-order valence-corrected chi connectivity index (χ4v) is 2.51. The van der Waals surface area contributed by atoms with E-state index in [1.165, 1.54) is 12.2 Å². The molecule has 0 aromatic heterocycles. The standard InChI is InChI=1S/C22H18N2O4/c25-20-13-14-21(26)24(20)19-11-9-17(10-12-19)6-4-5-15-23-22(27)28-16-18-7-2-1-3-8-18/h1-3,7-14H,5,15-16H2,(H,23,27). The average Bonchev–Trinajstić information content (AvgIpc) is 3.05. The second kappa shape index (κ2) is 9.19. The summed E-state index contributed by atoms with van der Waals surface area (Å²) in [6.07, 6.45) is 2.47. The van der Waals surface area contributed by atoms with Crippen molar-refractivity contribution >= 4 is 23.6 Å². The Balaban J connectivity index is 1.40. The minimum absolute atomic E-state index is 0.224. The van der Waals surface area contributed by atoms with Gasteiger partial charge in [0.25, 0.3) is 11.8 Å². The van der Waals surface area contributed by atoms with Gasteiger partial charge in [0, 0.05) is 30.7 Å². The molecule has 0 fully saturated rings. The van der Waals surface area contributed by atoms with Crippen LogP contribution in [0.2, 0.25) is 0 Å². The SMILES string of the molecule is O=C(NCCC#Cc1ccc(N2C(=O)C=CC2=O)cc1)OCc1ccccc1. The van der Waals surface area contributed by atoms with Crippen LogP contribution in [-0.2, 0) is 20.9 Å². The summed E-state index contributed by atoms with van der Waals surface area (Å²) in [7, 11) is 0. The Morgan fingerprint density at radius 3 is 2.32 bits per heavy atom. The van der Waals surface area contributed by atoms with Crippen molar-refractivity contribution in [3.63, 3.8) is 0 Å². The number of rotatable bonds is 5. The molecule has 6 nitrogen and oxygen atoms in total. The first kappa shape index (κ1) is 18.9. The smallest absolute Gasteiger partial charge is 0.407 e. The minimum atomic E-state index is -0.483. The second-order valence-corrected chi connectivity index (χ2v) is 5.93. The van der Waals surface area contributed by atoms with Crippen LogP contribution in [0, 0.1) is 11.8 Å². The summed E-state index contributed by atoms with van der Waals surface area (Å²) in [5.74, 6) is 5.22. The lowest BCUT2D eigenvalue weighted by atomic mass is 10.2. The normalized spacial score (nSPS) is 12.5. The maximum absolute atomic E-state index is 11.6. The molecule has 0 spiro atoms. The lowest BCUT2D eigenvalue weighted by Crippen LogP contribution is -2.29. The Labute approximate surface area is 162 Å². The van der Waals surface area contributed by atoms with Gasteiger partial charge in [0.2, 0.25) is 0 Å². The summed E-state index contributed by atoms with van der Waals surface area (Å²) in [6.45, 7) is 0.601. The molecule has 1 N–H and O–H groups in total. The van der Waals surface area contributed by atoms with Crippen LogP contribution in [0.1, 0.15) is 17.5 Å². The van der Waals surface area contributed by atoms with Gasteiger partial charge < -0.3 is 10.1 Å². The monoisotopic (exact) mass is 374 g/mol. The number of alkyl carbamates (subject to hydrolysis) is 1. The molecule has 0 atom stereocenters. The summed E-state index contributed by atoms with van der Waals surface area (Å²) < 4.78 is 5.11. The third-order valence-corrected chi connectivity index (χ3v) is 3.90. The highest BCUT2D eigenvalue weighted by Gasteiger charge is 2.24. The average molecular weight is 374 g/mol. The maximum atomic E-state index is 11.6. The van der Waals surface area contributed by atoms with Gasteiger partial charge in [-0.05, 0) is 29.8 Å². The van der Waals surface area contributed by atoms with Gasteiger partial charge in [0.1, 0.15) is 6.61 Å². The lowest BCUT2D eigenvalue weighted by molar-refractivity contribution is -0.119. The molecule has 0 radical (unpaired) electrons. The number of anilines is 1.